The van der Waals surface area contributed by atoms with Crippen molar-refractivity contribution in [3.63, 3.8) is 0 Å². The van der Waals surface area contributed by atoms with E-state index in [4.69, 9.17) is 16.7 Å². The number of benzene rings is 1. The first-order chi connectivity index (χ1) is 8.16. The van der Waals surface area contributed by atoms with Gasteiger partial charge in [0.25, 0.3) is 0 Å². The Hall–Kier alpha value is -1.53. The van der Waals surface area contributed by atoms with Crippen LogP contribution in [0.15, 0.2) is 29.7 Å². The second-order valence-corrected chi connectivity index (χ2v) is 4.56. The molecule has 0 aliphatic carbocycles. The van der Waals surface area contributed by atoms with E-state index in [2.05, 4.69) is 15.2 Å². The number of aromatic amines is 1. The average Bonchev–Trinajstić information content (AvgIpc) is 2.80. The number of aromatic carboxylic acids is 1. The Morgan fingerprint density at radius 2 is 2.35 bits per heavy atom. The summed E-state index contributed by atoms with van der Waals surface area (Å²) >= 11 is 7.44. The summed E-state index contributed by atoms with van der Waals surface area (Å²) in [5.74, 6) is -0.380. The van der Waals surface area contributed by atoms with Crippen LogP contribution < -0.4 is 0 Å². The molecule has 0 radical (unpaired) electrons. The van der Waals surface area contributed by atoms with Gasteiger partial charge in [0.2, 0.25) is 0 Å². The third-order valence-corrected chi connectivity index (χ3v) is 3.33. The standard InChI is InChI=1S/C10H8ClN3O2S/c11-8-3-6(9(15)16)1-2-7(8)4-17-10-12-5-13-14-10/h1-3,5H,4H2,(H,15,16)(H,12,13,14). The van der Waals surface area contributed by atoms with Gasteiger partial charge in [0.05, 0.1) is 5.56 Å². The molecule has 0 unspecified atom stereocenters. The molecule has 0 saturated carbocycles. The fraction of sp³-hybridized carbons (Fsp3) is 0.100. The number of carboxylic acids is 1. The van der Waals surface area contributed by atoms with Gasteiger partial charge < -0.3 is 5.11 Å². The number of hydrogen-bond acceptors (Lipinski definition) is 4. The molecule has 7 heteroatoms. The number of carboxylic acid groups (broad SMARTS) is 1. The van der Waals surface area contributed by atoms with Crippen LogP contribution in [0.3, 0.4) is 0 Å². The number of aromatic nitrogens is 3. The summed E-state index contributed by atoms with van der Waals surface area (Å²) in [6.07, 6.45) is 1.43. The lowest BCUT2D eigenvalue weighted by Crippen LogP contribution is -1.96. The first kappa shape index (κ1) is 11.9. The zero-order valence-electron chi connectivity index (χ0n) is 8.55. The second kappa shape index (κ2) is 5.20. The van der Waals surface area contributed by atoms with Gasteiger partial charge in [0.15, 0.2) is 5.16 Å². The summed E-state index contributed by atoms with van der Waals surface area (Å²) in [4.78, 5) is 14.7. The molecule has 0 spiro atoms. The first-order valence-corrected chi connectivity index (χ1v) is 6.03. The predicted octanol–water partition coefficient (Wildman–Crippen LogP) is 2.45. The van der Waals surface area contributed by atoms with E-state index in [1.807, 2.05) is 0 Å². The Bertz CT molecular complexity index is 530. The molecule has 1 heterocycles. The van der Waals surface area contributed by atoms with Crippen LogP contribution in [0.2, 0.25) is 5.02 Å². The molecule has 17 heavy (non-hydrogen) atoms. The number of rotatable bonds is 4. The molecular weight excluding hydrogens is 262 g/mol. The fourth-order valence-corrected chi connectivity index (χ4v) is 2.32. The number of hydrogen-bond donors (Lipinski definition) is 2. The van der Waals surface area contributed by atoms with Gasteiger partial charge >= 0.3 is 5.97 Å². The molecular formula is C10H8ClN3O2S. The molecule has 5 nitrogen and oxygen atoms in total. The van der Waals surface area contributed by atoms with E-state index < -0.39 is 5.97 Å². The molecule has 88 valence electrons. The van der Waals surface area contributed by atoms with Crippen molar-refractivity contribution >= 4 is 29.3 Å². The van der Waals surface area contributed by atoms with Crippen LogP contribution >= 0.6 is 23.4 Å². The lowest BCUT2D eigenvalue weighted by Gasteiger charge is -2.03. The normalized spacial score (nSPS) is 10.4. The van der Waals surface area contributed by atoms with E-state index in [0.717, 1.165) is 5.56 Å². The molecule has 0 fully saturated rings. The minimum atomic E-state index is -0.985. The number of carbonyl (C=O) groups is 1. The van der Waals surface area contributed by atoms with E-state index in [9.17, 15) is 4.79 Å². The maximum absolute atomic E-state index is 10.7. The molecule has 0 bridgehead atoms. The van der Waals surface area contributed by atoms with Crippen molar-refractivity contribution in [3.8, 4) is 0 Å². The lowest BCUT2D eigenvalue weighted by molar-refractivity contribution is 0.0697. The Morgan fingerprint density at radius 3 is 2.94 bits per heavy atom. The van der Waals surface area contributed by atoms with Crippen LogP contribution in [0.1, 0.15) is 15.9 Å². The van der Waals surface area contributed by atoms with Gasteiger partial charge in [-0.1, -0.05) is 29.4 Å². The summed E-state index contributed by atoms with van der Waals surface area (Å²) in [6.45, 7) is 0. The van der Waals surface area contributed by atoms with E-state index in [0.29, 0.717) is 15.9 Å². The van der Waals surface area contributed by atoms with Crippen LogP contribution in [0, 0.1) is 0 Å². The number of halogens is 1. The Labute approximate surface area is 106 Å². The Kier molecular flexibility index (Phi) is 3.65. The van der Waals surface area contributed by atoms with Crippen molar-refractivity contribution < 1.29 is 9.90 Å². The van der Waals surface area contributed by atoms with Gasteiger partial charge in [-0.15, -0.1) is 0 Å². The van der Waals surface area contributed by atoms with Gasteiger partial charge in [0, 0.05) is 10.8 Å². The van der Waals surface area contributed by atoms with E-state index in [1.165, 1.54) is 30.2 Å². The van der Waals surface area contributed by atoms with Crippen LogP contribution in [0.5, 0.6) is 0 Å². The van der Waals surface area contributed by atoms with E-state index >= 15 is 0 Å². The molecule has 2 aromatic rings. The molecule has 0 amide bonds. The van der Waals surface area contributed by atoms with Gasteiger partial charge in [-0.2, -0.15) is 5.10 Å². The van der Waals surface area contributed by atoms with Crippen molar-refractivity contribution in [1.29, 1.82) is 0 Å². The molecule has 0 atom stereocenters. The summed E-state index contributed by atoms with van der Waals surface area (Å²) in [5, 5.41) is 16.4. The van der Waals surface area contributed by atoms with Crippen molar-refractivity contribution in [2.24, 2.45) is 0 Å². The molecule has 0 saturated heterocycles. The highest BCUT2D eigenvalue weighted by atomic mass is 35.5. The van der Waals surface area contributed by atoms with Gasteiger partial charge in [-0.25, -0.2) is 9.78 Å². The van der Waals surface area contributed by atoms with Gasteiger partial charge in [0.1, 0.15) is 6.33 Å². The maximum atomic E-state index is 10.7. The van der Waals surface area contributed by atoms with Crippen molar-refractivity contribution in [2.75, 3.05) is 0 Å². The predicted molar refractivity (Wildman–Crippen MR) is 64.4 cm³/mol. The van der Waals surface area contributed by atoms with Crippen molar-refractivity contribution in [1.82, 2.24) is 15.2 Å². The summed E-state index contributed by atoms with van der Waals surface area (Å²) in [7, 11) is 0. The van der Waals surface area contributed by atoms with E-state index in [1.54, 1.807) is 6.07 Å². The topological polar surface area (TPSA) is 78.9 Å². The van der Waals surface area contributed by atoms with Crippen molar-refractivity contribution in [2.45, 2.75) is 10.9 Å². The number of H-pyrrole nitrogens is 1. The summed E-state index contributed by atoms with van der Waals surface area (Å²) in [6, 6.07) is 4.68. The molecule has 0 aliphatic rings. The highest BCUT2D eigenvalue weighted by Crippen LogP contribution is 2.25. The van der Waals surface area contributed by atoms with Crippen LogP contribution in [0.4, 0.5) is 0 Å². The smallest absolute Gasteiger partial charge is 0.335 e. The first-order valence-electron chi connectivity index (χ1n) is 4.66. The highest BCUT2D eigenvalue weighted by molar-refractivity contribution is 7.98. The van der Waals surface area contributed by atoms with Crippen LogP contribution in [-0.2, 0) is 5.75 Å². The Balaban J connectivity index is 2.09. The summed E-state index contributed by atoms with van der Waals surface area (Å²) in [5.41, 5.74) is 1.04. The van der Waals surface area contributed by atoms with Crippen LogP contribution in [0.25, 0.3) is 0 Å². The highest BCUT2D eigenvalue weighted by Gasteiger charge is 2.07. The van der Waals surface area contributed by atoms with E-state index in [-0.39, 0.29) is 5.56 Å². The zero-order chi connectivity index (χ0) is 12.3. The third kappa shape index (κ3) is 2.98. The average molecular weight is 270 g/mol. The monoisotopic (exact) mass is 269 g/mol. The molecule has 1 aromatic heterocycles. The molecule has 1 aromatic carbocycles. The summed E-state index contributed by atoms with van der Waals surface area (Å²) < 4.78 is 0. The maximum Gasteiger partial charge on any atom is 0.335 e. The second-order valence-electron chi connectivity index (χ2n) is 3.19. The lowest BCUT2D eigenvalue weighted by atomic mass is 10.1. The number of nitrogens with one attached hydrogen (secondary N) is 1. The Morgan fingerprint density at radius 1 is 1.53 bits per heavy atom. The number of thioether (sulfide) groups is 1. The fourth-order valence-electron chi connectivity index (χ4n) is 1.21. The largest absolute Gasteiger partial charge is 0.478 e. The minimum absolute atomic E-state index is 0.184. The quantitative estimate of drug-likeness (QED) is 0.834. The molecule has 0 aliphatic heterocycles. The van der Waals surface area contributed by atoms with Crippen molar-refractivity contribution in [3.05, 3.63) is 40.7 Å². The molecule has 2 rings (SSSR count). The third-order valence-electron chi connectivity index (χ3n) is 2.06. The van der Waals surface area contributed by atoms with Gasteiger partial charge in [-0.3, -0.25) is 5.10 Å². The van der Waals surface area contributed by atoms with Gasteiger partial charge in [-0.05, 0) is 17.7 Å². The SMILES string of the molecule is O=C(O)c1ccc(CSc2ncn[nH]2)c(Cl)c1. The number of nitrogens with zero attached hydrogens (tertiary/aromatic N) is 2. The minimum Gasteiger partial charge on any atom is -0.478 e. The molecule has 2 N–H and O–H groups in total. The van der Waals surface area contributed by atoms with Crippen LogP contribution in [-0.4, -0.2) is 26.3 Å². The zero-order valence-corrected chi connectivity index (χ0v) is 10.1.